The van der Waals surface area contributed by atoms with Crippen LogP contribution in [0.5, 0.6) is 11.5 Å². The Balaban J connectivity index is 1.56. The minimum Gasteiger partial charge on any atom is -0.493 e. The summed E-state index contributed by atoms with van der Waals surface area (Å²) < 4.78 is 58.6. The lowest BCUT2D eigenvalue weighted by atomic mass is 9.96. The van der Waals surface area contributed by atoms with Crippen LogP contribution in [0.1, 0.15) is 54.3 Å². The van der Waals surface area contributed by atoms with Crippen molar-refractivity contribution in [2.75, 3.05) is 39.2 Å². The van der Waals surface area contributed by atoms with Crippen LogP contribution in [0.3, 0.4) is 0 Å². The molecule has 4 rings (SSSR count). The van der Waals surface area contributed by atoms with Crippen molar-refractivity contribution in [1.29, 1.82) is 0 Å². The number of alkyl halides is 3. The number of carbonyl (C=O) groups is 2. The average Bonchev–Trinajstić information content (AvgIpc) is 3.31. The molecular formula is C24H29F3N4O5. The van der Waals surface area contributed by atoms with Gasteiger partial charge in [0.05, 0.1) is 32.8 Å². The molecule has 0 radical (unpaired) electrons. The van der Waals surface area contributed by atoms with Gasteiger partial charge in [0, 0.05) is 25.6 Å². The van der Waals surface area contributed by atoms with Crippen molar-refractivity contribution in [2.45, 2.75) is 44.4 Å². The summed E-state index contributed by atoms with van der Waals surface area (Å²) in [6, 6.07) is 3.70. The molecule has 1 N–H and O–H groups in total. The number of esters is 1. The number of piperidine rings is 1. The number of nitrogens with zero attached hydrogens (tertiary/aromatic N) is 3. The zero-order valence-electron chi connectivity index (χ0n) is 20.3. The number of carbonyl (C=O) groups excluding carboxylic acids is 2. The minimum absolute atomic E-state index is 0.0747. The maximum Gasteiger partial charge on any atom is 0.410 e. The van der Waals surface area contributed by atoms with Crippen molar-refractivity contribution in [2.24, 2.45) is 5.92 Å². The lowest BCUT2D eigenvalue weighted by Gasteiger charge is -2.33. The molecule has 12 heteroatoms. The van der Waals surface area contributed by atoms with Gasteiger partial charge in [0.1, 0.15) is 5.82 Å². The first-order valence-corrected chi connectivity index (χ1v) is 11.8. The van der Waals surface area contributed by atoms with Crippen molar-refractivity contribution in [3.05, 3.63) is 35.5 Å². The summed E-state index contributed by atoms with van der Waals surface area (Å²) in [6.07, 6.45) is -4.02. The number of methoxy groups -OCH3 is 2. The van der Waals surface area contributed by atoms with Crippen molar-refractivity contribution in [3.8, 4) is 11.5 Å². The number of likely N-dealkylation sites (tertiary alicyclic amines) is 1. The van der Waals surface area contributed by atoms with Crippen molar-refractivity contribution in [1.82, 2.24) is 14.7 Å². The van der Waals surface area contributed by atoms with E-state index < -0.39 is 24.2 Å². The average molecular weight is 511 g/mol. The first-order chi connectivity index (χ1) is 17.2. The number of amides is 1. The van der Waals surface area contributed by atoms with Gasteiger partial charge in [-0.2, -0.15) is 18.3 Å². The number of aromatic nitrogens is 2. The van der Waals surface area contributed by atoms with Crippen LogP contribution >= 0.6 is 0 Å². The largest absolute Gasteiger partial charge is 0.493 e. The van der Waals surface area contributed by atoms with Crippen LogP contribution in [-0.4, -0.2) is 66.6 Å². The fourth-order valence-electron chi connectivity index (χ4n) is 4.71. The van der Waals surface area contributed by atoms with E-state index in [9.17, 15) is 22.8 Å². The first-order valence-electron chi connectivity index (χ1n) is 11.8. The highest BCUT2D eigenvalue weighted by molar-refractivity contribution is 5.93. The zero-order valence-corrected chi connectivity index (χ0v) is 20.3. The Morgan fingerprint density at radius 3 is 2.42 bits per heavy atom. The van der Waals surface area contributed by atoms with Crippen molar-refractivity contribution in [3.63, 3.8) is 0 Å². The topological polar surface area (TPSA) is 94.9 Å². The van der Waals surface area contributed by atoms with Gasteiger partial charge in [-0.05, 0) is 37.5 Å². The molecule has 1 aromatic heterocycles. The first kappa shape index (κ1) is 25.6. The smallest absolute Gasteiger partial charge is 0.410 e. The molecule has 1 amide bonds. The van der Waals surface area contributed by atoms with E-state index in [2.05, 4.69) is 10.4 Å². The van der Waals surface area contributed by atoms with E-state index in [0.29, 0.717) is 43.0 Å². The van der Waals surface area contributed by atoms with E-state index in [-0.39, 0.29) is 36.4 Å². The van der Waals surface area contributed by atoms with Gasteiger partial charge < -0.3 is 24.4 Å². The van der Waals surface area contributed by atoms with Crippen molar-refractivity contribution < 1.29 is 37.0 Å². The predicted octanol–water partition coefficient (Wildman–Crippen LogP) is 3.98. The fraction of sp³-hybridized carbons (Fsp3) is 0.542. The third-order valence-corrected chi connectivity index (χ3v) is 6.62. The summed E-state index contributed by atoms with van der Waals surface area (Å²) in [4.78, 5) is 26.5. The molecule has 3 heterocycles. The number of anilines is 1. The molecule has 2 aliphatic rings. The fourth-order valence-corrected chi connectivity index (χ4v) is 4.71. The van der Waals surface area contributed by atoms with Crippen LogP contribution in [0.4, 0.5) is 19.0 Å². The second kappa shape index (κ2) is 10.3. The second-order valence-electron chi connectivity index (χ2n) is 8.78. The number of nitrogens with one attached hydrogen (secondary N) is 1. The molecule has 0 aliphatic carbocycles. The van der Waals surface area contributed by atoms with Crippen molar-refractivity contribution >= 4 is 17.7 Å². The Morgan fingerprint density at radius 2 is 1.81 bits per heavy atom. The number of hydrogen-bond acceptors (Lipinski definition) is 7. The van der Waals surface area contributed by atoms with Gasteiger partial charge in [-0.1, -0.05) is 6.07 Å². The Morgan fingerprint density at radius 1 is 1.11 bits per heavy atom. The van der Waals surface area contributed by atoms with E-state index >= 15 is 0 Å². The van der Waals surface area contributed by atoms with Gasteiger partial charge in [0.2, 0.25) is 0 Å². The third-order valence-electron chi connectivity index (χ3n) is 6.62. The molecule has 36 heavy (non-hydrogen) atoms. The van der Waals surface area contributed by atoms with E-state index in [4.69, 9.17) is 14.2 Å². The molecule has 2 atom stereocenters. The van der Waals surface area contributed by atoms with Gasteiger partial charge in [0.15, 0.2) is 23.2 Å². The highest BCUT2D eigenvalue weighted by atomic mass is 19.4. The highest BCUT2D eigenvalue weighted by Gasteiger charge is 2.47. The highest BCUT2D eigenvalue weighted by Crippen LogP contribution is 2.44. The molecule has 2 aliphatic heterocycles. The maximum atomic E-state index is 14.0. The van der Waals surface area contributed by atoms with Gasteiger partial charge in [0.25, 0.3) is 5.91 Å². The molecule has 1 aromatic carbocycles. The SMILES string of the molecule is CCOC(=O)C1CCN(C(=O)c2cc3n(n2)C(C(F)(F)F)CC(c2ccc(OC)c(OC)c2)N3)CC1. The molecule has 2 aromatic rings. The predicted molar refractivity (Wildman–Crippen MR) is 123 cm³/mol. The molecule has 0 bridgehead atoms. The molecule has 9 nitrogen and oxygen atoms in total. The molecular weight excluding hydrogens is 481 g/mol. The number of hydrogen-bond donors (Lipinski definition) is 1. The molecule has 0 saturated carbocycles. The summed E-state index contributed by atoms with van der Waals surface area (Å²) in [7, 11) is 2.93. The Kier molecular flexibility index (Phi) is 7.32. The van der Waals surface area contributed by atoms with E-state index in [1.54, 1.807) is 25.1 Å². The molecule has 2 unspecified atom stereocenters. The summed E-state index contributed by atoms with van der Waals surface area (Å²) in [6.45, 7) is 2.62. The lowest BCUT2D eigenvalue weighted by Crippen LogP contribution is -2.41. The number of fused-ring (bicyclic) bond motifs is 1. The van der Waals surface area contributed by atoms with Crippen LogP contribution in [0.2, 0.25) is 0 Å². The van der Waals surface area contributed by atoms with Crippen LogP contribution in [0.15, 0.2) is 24.3 Å². The standard InChI is InChI=1S/C24H29F3N4O5/c1-4-36-23(33)14-7-9-30(10-8-14)22(32)17-13-21-28-16(12-20(24(25,26)27)31(21)29-17)15-5-6-18(34-2)19(11-15)35-3/h5-6,11,13-14,16,20,28H,4,7-10,12H2,1-3H3. The Hall–Kier alpha value is -3.44. The zero-order chi connectivity index (χ0) is 26.0. The summed E-state index contributed by atoms with van der Waals surface area (Å²) in [5.74, 6) is -0.0727. The Labute approximate surface area is 206 Å². The number of halogens is 3. The van der Waals surface area contributed by atoms with Crippen LogP contribution in [-0.2, 0) is 9.53 Å². The monoisotopic (exact) mass is 510 g/mol. The molecule has 1 saturated heterocycles. The van der Waals surface area contributed by atoms with E-state index in [1.807, 2.05) is 0 Å². The minimum atomic E-state index is -4.57. The lowest BCUT2D eigenvalue weighted by molar-refractivity contribution is -0.173. The summed E-state index contributed by atoms with van der Waals surface area (Å²) in [5, 5.41) is 7.14. The van der Waals surface area contributed by atoms with Crippen LogP contribution in [0.25, 0.3) is 0 Å². The second-order valence-corrected chi connectivity index (χ2v) is 8.78. The maximum absolute atomic E-state index is 14.0. The molecule has 0 spiro atoms. The van der Waals surface area contributed by atoms with Gasteiger partial charge >= 0.3 is 12.1 Å². The number of rotatable bonds is 6. The molecule has 1 fully saturated rings. The third kappa shape index (κ3) is 5.07. The van der Waals surface area contributed by atoms with Gasteiger partial charge in [-0.25, -0.2) is 4.68 Å². The number of benzene rings is 1. The normalized spacial score (nSPS) is 20.3. The van der Waals surface area contributed by atoms with Crippen LogP contribution in [0, 0.1) is 5.92 Å². The Bertz CT molecular complexity index is 1110. The van der Waals surface area contributed by atoms with Gasteiger partial charge in [-0.15, -0.1) is 0 Å². The molecule has 196 valence electrons. The van der Waals surface area contributed by atoms with Crippen LogP contribution < -0.4 is 14.8 Å². The number of ether oxygens (including phenoxy) is 3. The quantitative estimate of drug-likeness (QED) is 0.588. The van der Waals surface area contributed by atoms with E-state index in [1.165, 1.54) is 25.2 Å². The summed E-state index contributed by atoms with van der Waals surface area (Å²) >= 11 is 0. The van der Waals surface area contributed by atoms with E-state index in [0.717, 1.165) is 4.68 Å². The summed E-state index contributed by atoms with van der Waals surface area (Å²) in [5.41, 5.74) is 0.512. The van der Waals surface area contributed by atoms with Gasteiger partial charge in [-0.3, -0.25) is 9.59 Å².